The fourth-order valence-corrected chi connectivity index (χ4v) is 5.71. The first kappa shape index (κ1) is 26.7. The van der Waals surface area contributed by atoms with Crippen LogP contribution in [0.3, 0.4) is 0 Å². The highest BCUT2D eigenvalue weighted by Gasteiger charge is 2.40. The van der Waals surface area contributed by atoms with E-state index in [-0.39, 0.29) is 23.8 Å². The van der Waals surface area contributed by atoms with Gasteiger partial charge in [0.2, 0.25) is 0 Å². The Morgan fingerprint density at radius 1 is 1.23 bits per heavy atom. The minimum absolute atomic E-state index is 0.0424. The van der Waals surface area contributed by atoms with Crippen LogP contribution in [0.5, 0.6) is 11.5 Å². The zero-order valence-corrected chi connectivity index (χ0v) is 23.2. The summed E-state index contributed by atoms with van der Waals surface area (Å²) in [6.45, 7) is 11.2. The van der Waals surface area contributed by atoms with Gasteiger partial charge in [-0.2, -0.15) is 0 Å². The van der Waals surface area contributed by atoms with Crippen molar-refractivity contribution in [2.24, 2.45) is 11.3 Å². The topological polar surface area (TPSA) is 107 Å². The maximum absolute atomic E-state index is 13.1. The monoisotopic (exact) mass is 531 g/mol. The van der Waals surface area contributed by atoms with Crippen LogP contribution in [0.2, 0.25) is 0 Å². The van der Waals surface area contributed by atoms with Crippen LogP contribution in [0.4, 0.5) is 4.79 Å². The number of nitrogens with one attached hydrogen (secondary N) is 2. The number of nitrogens with zero attached hydrogens (tertiary/aromatic N) is 3. The molecule has 0 saturated heterocycles. The van der Waals surface area contributed by atoms with Gasteiger partial charge in [-0.05, 0) is 61.6 Å². The number of methoxy groups -OCH3 is 1. The fourth-order valence-electron chi connectivity index (χ4n) is 5.71. The van der Waals surface area contributed by atoms with Gasteiger partial charge in [0.25, 0.3) is 0 Å². The van der Waals surface area contributed by atoms with Gasteiger partial charge >= 0.3 is 6.03 Å². The van der Waals surface area contributed by atoms with E-state index in [1.165, 1.54) is 11.1 Å². The molecule has 0 saturated carbocycles. The predicted molar refractivity (Wildman–Crippen MR) is 147 cm³/mol. The van der Waals surface area contributed by atoms with Crippen LogP contribution in [0, 0.1) is 11.3 Å². The molecule has 2 heterocycles. The van der Waals surface area contributed by atoms with E-state index in [2.05, 4.69) is 40.5 Å². The van der Waals surface area contributed by atoms with E-state index in [4.69, 9.17) is 9.47 Å². The minimum Gasteiger partial charge on any atom is -0.493 e. The lowest BCUT2D eigenvalue weighted by Crippen LogP contribution is -2.48. The van der Waals surface area contributed by atoms with Crippen molar-refractivity contribution in [2.75, 3.05) is 7.11 Å². The summed E-state index contributed by atoms with van der Waals surface area (Å²) in [4.78, 5) is 25.5. The quantitative estimate of drug-likeness (QED) is 0.456. The number of carbonyl (C=O) groups excluding carboxylic acids is 2. The zero-order chi connectivity index (χ0) is 27.7. The summed E-state index contributed by atoms with van der Waals surface area (Å²) in [5.41, 5.74) is 5.22. The van der Waals surface area contributed by atoms with Gasteiger partial charge in [-0.15, -0.1) is 5.10 Å². The highest BCUT2D eigenvalue weighted by atomic mass is 16.5. The van der Waals surface area contributed by atoms with Gasteiger partial charge < -0.3 is 20.1 Å². The Morgan fingerprint density at radius 3 is 2.77 bits per heavy atom. The van der Waals surface area contributed by atoms with Crippen LogP contribution in [0.1, 0.15) is 70.2 Å². The van der Waals surface area contributed by atoms with Crippen molar-refractivity contribution in [2.45, 2.75) is 72.1 Å². The Labute approximate surface area is 229 Å². The van der Waals surface area contributed by atoms with Gasteiger partial charge in [-0.25, -0.2) is 9.48 Å². The van der Waals surface area contributed by atoms with Gasteiger partial charge in [0, 0.05) is 17.7 Å². The van der Waals surface area contributed by atoms with Gasteiger partial charge in [-0.3, -0.25) is 4.79 Å². The zero-order valence-electron chi connectivity index (χ0n) is 23.2. The van der Waals surface area contributed by atoms with Crippen LogP contribution in [0.15, 0.2) is 59.5 Å². The number of rotatable bonds is 8. The smallest absolute Gasteiger partial charge is 0.319 e. The highest BCUT2D eigenvalue weighted by molar-refractivity contribution is 6.01. The summed E-state index contributed by atoms with van der Waals surface area (Å²) in [7, 11) is 1.57. The highest BCUT2D eigenvalue weighted by Crippen LogP contribution is 2.42. The second-order valence-electron chi connectivity index (χ2n) is 11.7. The molecule has 1 aromatic carbocycles. The van der Waals surface area contributed by atoms with Crippen LogP contribution in [0.25, 0.3) is 0 Å². The maximum atomic E-state index is 13.1. The summed E-state index contributed by atoms with van der Waals surface area (Å²) in [6.07, 6.45) is 8.50. The second kappa shape index (κ2) is 10.7. The number of urea groups is 1. The number of Topliss-reactive ketones (excluding diaryl/α,β-unsaturated/α-hetero) is 1. The number of ketones is 1. The molecule has 0 radical (unpaired) electrons. The Hall–Kier alpha value is -3.88. The molecule has 2 aromatic rings. The first-order valence-electron chi connectivity index (χ1n) is 13.5. The molecule has 2 atom stereocenters. The molecule has 5 rings (SSSR count). The Morgan fingerprint density at radius 2 is 2.05 bits per heavy atom. The van der Waals surface area contributed by atoms with E-state index in [0.29, 0.717) is 47.2 Å². The molecule has 39 heavy (non-hydrogen) atoms. The van der Waals surface area contributed by atoms with Crippen molar-refractivity contribution >= 4 is 11.8 Å². The molecule has 9 nitrogen and oxygen atoms in total. The molecule has 0 fully saturated rings. The largest absolute Gasteiger partial charge is 0.493 e. The SMILES string of the molecule is C=C(C)[C@@H]1CC=C(Cn2cc(COc3ccc(C4NC(=O)NC5=C4C(=O)CC(C)(C)C5)cc3OC)nn2)CC1. The van der Waals surface area contributed by atoms with Crippen molar-refractivity contribution in [1.29, 1.82) is 0 Å². The Bertz CT molecular complexity index is 1370. The molecule has 3 aliphatic rings. The third kappa shape index (κ3) is 5.92. The molecule has 2 N–H and O–H groups in total. The standard InChI is InChI=1S/C30H37N5O4/c1-18(2)20-8-6-19(7-9-20)15-35-16-22(33-34-35)17-39-25-11-10-21(12-26(25)38-5)28-27-23(31-29(37)32-28)13-30(3,4)14-24(27)36/h6,10-12,16,20,28H,1,7-9,13-15,17H2,2-5H3,(H2,31,32,37)/t20-,28?/m1/s1. The number of benzene rings is 1. The van der Waals surface area contributed by atoms with Crippen LogP contribution in [-0.2, 0) is 17.9 Å². The minimum atomic E-state index is -0.542. The lowest BCUT2D eigenvalue weighted by molar-refractivity contribution is -0.118. The molecule has 1 aromatic heterocycles. The summed E-state index contributed by atoms with van der Waals surface area (Å²) >= 11 is 0. The van der Waals surface area contributed by atoms with Crippen molar-refractivity contribution in [3.8, 4) is 11.5 Å². The average Bonchev–Trinajstić information content (AvgIpc) is 3.33. The number of aromatic nitrogens is 3. The summed E-state index contributed by atoms with van der Waals surface area (Å²) in [5, 5.41) is 14.3. The Kier molecular flexibility index (Phi) is 7.34. The number of amides is 2. The Balaban J connectivity index is 1.26. The van der Waals surface area contributed by atoms with Crippen LogP contribution in [-0.4, -0.2) is 33.9 Å². The molecule has 206 valence electrons. The molecular weight excluding hydrogens is 494 g/mol. The molecule has 0 bridgehead atoms. The van der Waals surface area contributed by atoms with E-state index in [9.17, 15) is 9.59 Å². The maximum Gasteiger partial charge on any atom is 0.319 e. The number of hydrogen-bond donors (Lipinski definition) is 2. The molecule has 9 heteroatoms. The van der Waals surface area contributed by atoms with Crippen molar-refractivity contribution in [3.05, 3.63) is 70.7 Å². The molecule has 1 unspecified atom stereocenters. The first-order valence-corrected chi connectivity index (χ1v) is 13.5. The summed E-state index contributed by atoms with van der Waals surface area (Å²) in [5.74, 6) is 1.68. The lowest BCUT2D eigenvalue weighted by Gasteiger charge is -2.38. The number of ether oxygens (including phenoxy) is 2. The molecule has 2 aliphatic carbocycles. The van der Waals surface area contributed by atoms with Gasteiger partial charge in [0.1, 0.15) is 12.3 Å². The third-order valence-corrected chi connectivity index (χ3v) is 7.80. The number of hydrogen-bond acceptors (Lipinski definition) is 6. The number of carbonyl (C=O) groups is 2. The average molecular weight is 532 g/mol. The van der Waals surface area contributed by atoms with E-state index in [1.807, 2.05) is 36.9 Å². The summed E-state index contributed by atoms with van der Waals surface area (Å²) < 4.78 is 13.5. The third-order valence-electron chi connectivity index (χ3n) is 7.80. The van der Waals surface area contributed by atoms with Crippen molar-refractivity contribution < 1.29 is 19.1 Å². The normalized spacial score (nSPS) is 22.4. The van der Waals surface area contributed by atoms with Crippen molar-refractivity contribution in [3.63, 3.8) is 0 Å². The van der Waals surface area contributed by atoms with Gasteiger partial charge in [0.15, 0.2) is 17.3 Å². The van der Waals surface area contributed by atoms with Crippen LogP contribution >= 0.6 is 0 Å². The number of allylic oxidation sites excluding steroid dienone is 4. The lowest BCUT2D eigenvalue weighted by atomic mass is 9.73. The van der Waals surface area contributed by atoms with E-state index < -0.39 is 6.04 Å². The summed E-state index contributed by atoms with van der Waals surface area (Å²) in [6, 6.07) is 4.62. The second-order valence-corrected chi connectivity index (χ2v) is 11.7. The van der Waals surface area contributed by atoms with E-state index >= 15 is 0 Å². The molecule has 0 spiro atoms. The van der Waals surface area contributed by atoms with Crippen molar-refractivity contribution in [1.82, 2.24) is 25.6 Å². The van der Waals surface area contributed by atoms with Gasteiger partial charge in [0.05, 0.1) is 25.9 Å². The molecule has 2 amide bonds. The predicted octanol–water partition coefficient (Wildman–Crippen LogP) is 5.17. The molecule has 1 aliphatic heterocycles. The first-order chi connectivity index (χ1) is 18.6. The fraction of sp³-hybridized carbons (Fsp3) is 0.467. The van der Waals surface area contributed by atoms with Crippen LogP contribution < -0.4 is 20.1 Å². The van der Waals surface area contributed by atoms with Gasteiger partial charge in [-0.1, -0.05) is 48.9 Å². The van der Waals surface area contributed by atoms with E-state index in [0.717, 1.165) is 31.4 Å². The molecular formula is C30H37N5O4. The van der Waals surface area contributed by atoms with E-state index in [1.54, 1.807) is 13.2 Å².